The summed E-state index contributed by atoms with van der Waals surface area (Å²) in [4.78, 5) is 22.2. The number of aromatic nitrogens is 2. The van der Waals surface area contributed by atoms with Gasteiger partial charge in [-0.05, 0) is 25.2 Å². The number of rotatable bonds is 3. The van der Waals surface area contributed by atoms with Crippen molar-refractivity contribution in [3.8, 4) is 0 Å². The molecule has 5 heteroatoms. The van der Waals surface area contributed by atoms with Crippen LogP contribution in [0.2, 0.25) is 0 Å². The van der Waals surface area contributed by atoms with Gasteiger partial charge in [0.05, 0.1) is 12.4 Å². The zero-order valence-electron chi connectivity index (χ0n) is 11.5. The molecule has 104 valence electrons. The molecule has 1 aromatic heterocycles. The normalized spacial score (nSPS) is 20.1. The highest BCUT2D eigenvalue weighted by atomic mass is 16.2. The Morgan fingerprint density at radius 3 is 3.00 bits per heavy atom. The summed E-state index contributed by atoms with van der Waals surface area (Å²) >= 11 is 0. The molecule has 1 amide bonds. The number of nitrogen functional groups attached to an aromatic ring is 1. The monoisotopic (exact) mass is 262 g/mol. The van der Waals surface area contributed by atoms with Crippen LogP contribution in [0.3, 0.4) is 0 Å². The Kier molecular flexibility index (Phi) is 4.71. The van der Waals surface area contributed by atoms with Crippen LogP contribution >= 0.6 is 0 Å². The fraction of sp³-hybridized carbons (Fsp3) is 0.643. The third-order valence-corrected chi connectivity index (χ3v) is 3.70. The fourth-order valence-electron chi connectivity index (χ4n) is 2.71. The molecule has 1 aliphatic rings. The summed E-state index contributed by atoms with van der Waals surface area (Å²) in [5.74, 6) is 1.01. The Labute approximate surface area is 114 Å². The van der Waals surface area contributed by atoms with Gasteiger partial charge >= 0.3 is 0 Å². The van der Waals surface area contributed by atoms with Crippen LogP contribution in [0.5, 0.6) is 0 Å². The van der Waals surface area contributed by atoms with Crippen molar-refractivity contribution < 1.29 is 4.79 Å². The molecule has 1 atom stereocenters. The van der Waals surface area contributed by atoms with Crippen LogP contribution in [-0.4, -0.2) is 33.9 Å². The van der Waals surface area contributed by atoms with E-state index < -0.39 is 0 Å². The van der Waals surface area contributed by atoms with Crippen molar-refractivity contribution in [3.63, 3.8) is 0 Å². The summed E-state index contributed by atoms with van der Waals surface area (Å²) in [5, 5.41) is 0. The molecule has 1 aromatic rings. The molecule has 0 radical (unpaired) electrons. The summed E-state index contributed by atoms with van der Waals surface area (Å²) < 4.78 is 0. The van der Waals surface area contributed by atoms with Gasteiger partial charge in [-0.1, -0.05) is 19.8 Å². The van der Waals surface area contributed by atoms with E-state index in [1.54, 1.807) is 0 Å². The summed E-state index contributed by atoms with van der Waals surface area (Å²) in [6.45, 7) is 3.85. The van der Waals surface area contributed by atoms with Crippen LogP contribution < -0.4 is 5.73 Å². The number of likely N-dealkylation sites (tertiary alicyclic amines) is 1. The minimum atomic E-state index is -0.0445. The Hall–Kier alpha value is -1.65. The van der Waals surface area contributed by atoms with Crippen LogP contribution in [0.4, 0.5) is 5.82 Å². The molecule has 1 saturated heterocycles. The summed E-state index contributed by atoms with van der Waals surface area (Å²) in [6.07, 6.45) is 8.82. The van der Waals surface area contributed by atoms with Gasteiger partial charge in [-0.3, -0.25) is 9.78 Å². The smallest absolute Gasteiger partial charge is 0.274 e. The highest BCUT2D eigenvalue weighted by Crippen LogP contribution is 2.22. The van der Waals surface area contributed by atoms with E-state index in [1.807, 2.05) is 4.90 Å². The third-order valence-electron chi connectivity index (χ3n) is 3.70. The van der Waals surface area contributed by atoms with Gasteiger partial charge in [0, 0.05) is 13.1 Å². The molecule has 1 aliphatic heterocycles. The number of amides is 1. The molecule has 2 N–H and O–H groups in total. The van der Waals surface area contributed by atoms with Crippen LogP contribution in [0, 0.1) is 5.92 Å². The van der Waals surface area contributed by atoms with Crippen molar-refractivity contribution in [1.29, 1.82) is 0 Å². The van der Waals surface area contributed by atoms with Crippen LogP contribution in [0.25, 0.3) is 0 Å². The Bertz CT molecular complexity index is 435. The van der Waals surface area contributed by atoms with E-state index in [0.29, 0.717) is 11.5 Å². The van der Waals surface area contributed by atoms with Crippen molar-refractivity contribution in [3.05, 3.63) is 18.1 Å². The maximum Gasteiger partial charge on any atom is 0.274 e. The average molecular weight is 262 g/mol. The van der Waals surface area contributed by atoms with E-state index in [-0.39, 0.29) is 5.91 Å². The highest BCUT2D eigenvalue weighted by Gasteiger charge is 2.22. The highest BCUT2D eigenvalue weighted by molar-refractivity contribution is 5.92. The predicted molar refractivity (Wildman–Crippen MR) is 74.6 cm³/mol. The molecule has 19 heavy (non-hydrogen) atoms. The second kappa shape index (κ2) is 6.50. The molecule has 2 heterocycles. The van der Waals surface area contributed by atoms with Gasteiger partial charge in [0.1, 0.15) is 11.5 Å². The summed E-state index contributed by atoms with van der Waals surface area (Å²) in [5.41, 5.74) is 5.93. The molecule has 1 fully saturated rings. The molecule has 0 aliphatic carbocycles. The van der Waals surface area contributed by atoms with Gasteiger partial charge in [-0.2, -0.15) is 0 Å². The van der Waals surface area contributed by atoms with Gasteiger partial charge in [0.15, 0.2) is 0 Å². The molecular weight excluding hydrogens is 240 g/mol. The number of anilines is 1. The minimum Gasteiger partial charge on any atom is -0.382 e. The van der Waals surface area contributed by atoms with E-state index >= 15 is 0 Å². The molecular formula is C14H22N4O. The largest absolute Gasteiger partial charge is 0.382 e. The van der Waals surface area contributed by atoms with Gasteiger partial charge in [-0.25, -0.2) is 4.98 Å². The maximum atomic E-state index is 12.3. The Morgan fingerprint density at radius 1 is 1.42 bits per heavy atom. The van der Waals surface area contributed by atoms with E-state index in [1.165, 1.54) is 31.7 Å². The number of nitrogens with two attached hydrogens (primary N) is 1. The average Bonchev–Trinajstić information content (AvgIpc) is 2.64. The number of hydrogen-bond acceptors (Lipinski definition) is 4. The molecule has 0 bridgehead atoms. The van der Waals surface area contributed by atoms with Crippen LogP contribution in [-0.2, 0) is 0 Å². The quantitative estimate of drug-likeness (QED) is 0.905. The molecule has 0 spiro atoms. The van der Waals surface area contributed by atoms with Gasteiger partial charge < -0.3 is 10.6 Å². The van der Waals surface area contributed by atoms with Crippen LogP contribution in [0.15, 0.2) is 12.4 Å². The first-order valence-electron chi connectivity index (χ1n) is 7.07. The first-order valence-corrected chi connectivity index (χ1v) is 7.07. The molecule has 0 aromatic carbocycles. The maximum absolute atomic E-state index is 12.3. The summed E-state index contributed by atoms with van der Waals surface area (Å²) in [6, 6.07) is 0. The summed E-state index contributed by atoms with van der Waals surface area (Å²) in [7, 11) is 0. The van der Waals surface area contributed by atoms with Gasteiger partial charge in [0.2, 0.25) is 0 Å². The van der Waals surface area contributed by atoms with Crippen molar-refractivity contribution >= 4 is 11.7 Å². The second-order valence-corrected chi connectivity index (χ2v) is 5.21. The predicted octanol–water partition coefficient (Wildman–Crippen LogP) is 2.10. The topological polar surface area (TPSA) is 72.1 Å². The van der Waals surface area contributed by atoms with E-state index in [9.17, 15) is 4.79 Å². The third kappa shape index (κ3) is 3.66. The van der Waals surface area contributed by atoms with Crippen molar-refractivity contribution in [2.75, 3.05) is 18.8 Å². The molecule has 5 nitrogen and oxygen atoms in total. The lowest BCUT2D eigenvalue weighted by atomic mass is 9.96. The van der Waals surface area contributed by atoms with Crippen molar-refractivity contribution in [1.82, 2.24) is 14.9 Å². The lowest BCUT2D eigenvalue weighted by Gasteiger charge is -2.20. The van der Waals surface area contributed by atoms with Gasteiger partial charge in [-0.15, -0.1) is 0 Å². The number of hydrogen-bond donors (Lipinski definition) is 1. The van der Waals surface area contributed by atoms with E-state index in [4.69, 9.17) is 5.73 Å². The molecule has 0 saturated carbocycles. The number of nitrogens with zero attached hydrogens (tertiary/aromatic N) is 3. The molecule has 2 rings (SSSR count). The lowest BCUT2D eigenvalue weighted by Crippen LogP contribution is -2.32. The minimum absolute atomic E-state index is 0.0445. The van der Waals surface area contributed by atoms with E-state index in [2.05, 4.69) is 16.9 Å². The number of carbonyl (C=O) groups is 1. The first kappa shape index (κ1) is 13.8. The van der Waals surface area contributed by atoms with Crippen molar-refractivity contribution in [2.24, 2.45) is 5.92 Å². The SMILES string of the molecule is CCCC1CCCN(C(=O)c2cncc(N)n2)CC1. The Balaban J connectivity index is 2.00. The molecule has 1 unspecified atom stereocenters. The fourth-order valence-corrected chi connectivity index (χ4v) is 2.71. The number of carbonyl (C=O) groups excluding carboxylic acids is 1. The van der Waals surface area contributed by atoms with Crippen molar-refractivity contribution in [2.45, 2.75) is 39.0 Å². The van der Waals surface area contributed by atoms with Crippen LogP contribution in [0.1, 0.15) is 49.5 Å². The van der Waals surface area contributed by atoms with Gasteiger partial charge in [0.25, 0.3) is 5.91 Å². The zero-order chi connectivity index (χ0) is 13.7. The standard InChI is InChI=1S/C14H22N4O/c1-2-4-11-5-3-7-18(8-6-11)14(19)12-9-16-10-13(15)17-12/h9-11H,2-8H2,1H3,(H2,15,17). The lowest BCUT2D eigenvalue weighted by molar-refractivity contribution is 0.0753. The Morgan fingerprint density at radius 2 is 2.26 bits per heavy atom. The second-order valence-electron chi connectivity index (χ2n) is 5.21. The first-order chi connectivity index (χ1) is 9.20. The van der Waals surface area contributed by atoms with E-state index in [0.717, 1.165) is 31.8 Å². The zero-order valence-corrected chi connectivity index (χ0v) is 11.5.